The first kappa shape index (κ1) is 10.8. The summed E-state index contributed by atoms with van der Waals surface area (Å²) in [6.07, 6.45) is -0.180. The van der Waals surface area contributed by atoms with Crippen LogP contribution in [0.1, 0.15) is 25.6 Å². The molecule has 3 nitrogen and oxygen atoms in total. The molecule has 2 saturated heterocycles. The number of rotatable bonds is 1. The average Bonchev–Trinajstić information content (AvgIpc) is 2.88. The molecule has 1 aromatic rings. The molecular formula is C14H17NO2. The van der Waals surface area contributed by atoms with Crippen LogP contribution in [0.5, 0.6) is 0 Å². The van der Waals surface area contributed by atoms with Crippen LogP contribution >= 0.6 is 0 Å². The Kier molecular flexibility index (Phi) is 2.44. The minimum Gasteiger partial charge on any atom is -0.352 e. The Hall–Kier alpha value is -1.35. The molecule has 0 radical (unpaired) electrons. The Morgan fingerprint density at radius 1 is 1.24 bits per heavy atom. The van der Waals surface area contributed by atoms with E-state index in [0.29, 0.717) is 12.5 Å². The Labute approximate surface area is 101 Å². The maximum absolute atomic E-state index is 12.2. The van der Waals surface area contributed by atoms with Gasteiger partial charge in [-0.1, -0.05) is 44.2 Å². The molecule has 0 saturated carbocycles. The van der Waals surface area contributed by atoms with Crippen LogP contribution in [0.15, 0.2) is 30.3 Å². The lowest BCUT2D eigenvalue weighted by Gasteiger charge is -2.23. The summed E-state index contributed by atoms with van der Waals surface area (Å²) in [5.41, 5.74) is 1.07. The van der Waals surface area contributed by atoms with Gasteiger partial charge in [-0.3, -0.25) is 4.79 Å². The lowest BCUT2D eigenvalue weighted by Crippen LogP contribution is -2.32. The van der Waals surface area contributed by atoms with Crippen LogP contribution in [0.25, 0.3) is 0 Å². The number of hydrogen-bond acceptors (Lipinski definition) is 2. The minimum atomic E-state index is -0.180. The van der Waals surface area contributed by atoms with Crippen LogP contribution in [0.4, 0.5) is 0 Å². The first-order chi connectivity index (χ1) is 8.20. The second-order valence-electron chi connectivity index (χ2n) is 5.06. The molecule has 0 bridgehead atoms. The van der Waals surface area contributed by atoms with Crippen molar-refractivity contribution in [2.45, 2.75) is 26.1 Å². The number of carbonyl (C=O) groups excluding carboxylic acids is 1. The molecule has 1 aromatic carbocycles. The second-order valence-corrected chi connectivity index (χ2v) is 5.06. The van der Waals surface area contributed by atoms with Gasteiger partial charge in [-0.15, -0.1) is 0 Å². The molecule has 0 aromatic heterocycles. The Balaban J connectivity index is 1.93. The highest BCUT2D eigenvalue weighted by Gasteiger charge is 2.50. The van der Waals surface area contributed by atoms with Crippen LogP contribution in [-0.4, -0.2) is 23.5 Å². The lowest BCUT2D eigenvalue weighted by atomic mass is 9.94. The predicted octanol–water partition coefficient (Wildman–Crippen LogP) is 2.20. The largest absolute Gasteiger partial charge is 0.352 e. The Morgan fingerprint density at radius 2 is 1.94 bits per heavy atom. The van der Waals surface area contributed by atoms with Gasteiger partial charge >= 0.3 is 0 Å². The van der Waals surface area contributed by atoms with Gasteiger partial charge in [0, 0.05) is 11.5 Å². The molecule has 0 spiro atoms. The molecule has 2 heterocycles. The van der Waals surface area contributed by atoms with Gasteiger partial charge in [0.1, 0.15) is 0 Å². The smallest absolute Gasteiger partial charge is 0.228 e. The number of amides is 1. The van der Waals surface area contributed by atoms with Crippen LogP contribution in [-0.2, 0) is 9.53 Å². The van der Waals surface area contributed by atoms with Crippen molar-refractivity contribution in [1.29, 1.82) is 0 Å². The molecule has 4 atom stereocenters. The first-order valence-corrected chi connectivity index (χ1v) is 6.19. The summed E-state index contributed by atoms with van der Waals surface area (Å²) in [5.74, 6) is 0.736. The molecular weight excluding hydrogens is 214 g/mol. The van der Waals surface area contributed by atoms with E-state index < -0.39 is 0 Å². The fourth-order valence-corrected chi connectivity index (χ4v) is 2.88. The maximum atomic E-state index is 12.2. The fourth-order valence-electron chi connectivity index (χ4n) is 2.88. The van der Waals surface area contributed by atoms with Crippen molar-refractivity contribution in [1.82, 2.24) is 4.90 Å². The average molecular weight is 231 g/mol. The highest BCUT2D eigenvalue weighted by Crippen LogP contribution is 2.42. The number of hydrogen-bond donors (Lipinski definition) is 0. The van der Waals surface area contributed by atoms with Gasteiger partial charge in [0.05, 0.1) is 12.6 Å². The van der Waals surface area contributed by atoms with Crippen molar-refractivity contribution in [2.24, 2.45) is 11.8 Å². The van der Waals surface area contributed by atoms with Crippen LogP contribution in [0.3, 0.4) is 0 Å². The minimum absolute atomic E-state index is 0.120. The third-order valence-electron chi connectivity index (χ3n) is 4.16. The maximum Gasteiger partial charge on any atom is 0.228 e. The monoisotopic (exact) mass is 231 g/mol. The zero-order chi connectivity index (χ0) is 12.0. The van der Waals surface area contributed by atoms with E-state index in [1.165, 1.54) is 0 Å². The first-order valence-electron chi connectivity index (χ1n) is 6.19. The van der Waals surface area contributed by atoms with Gasteiger partial charge in [-0.25, -0.2) is 0 Å². The van der Waals surface area contributed by atoms with Crippen LogP contribution in [0.2, 0.25) is 0 Å². The molecule has 0 aliphatic carbocycles. The molecule has 2 aliphatic rings. The standard InChI is InChI=1S/C14H17NO2/c1-9-10(2)13(16)15-12(9)8-17-14(15)11-6-4-3-5-7-11/h3-7,9-10,12,14H,8H2,1-2H3/t9?,10?,12-,14?/m0/s1. The molecule has 3 rings (SSSR count). The van der Waals surface area contributed by atoms with Gasteiger partial charge in [-0.2, -0.15) is 0 Å². The number of carbonyl (C=O) groups is 1. The van der Waals surface area contributed by atoms with Crippen molar-refractivity contribution in [3.05, 3.63) is 35.9 Å². The van der Waals surface area contributed by atoms with Gasteiger partial charge in [0.25, 0.3) is 0 Å². The van der Waals surface area contributed by atoms with Crippen LogP contribution < -0.4 is 0 Å². The van der Waals surface area contributed by atoms with Crippen molar-refractivity contribution in [2.75, 3.05) is 6.61 Å². The number of benzene rings is 1. The molecule has 90 valence electrons. The number of ether oxygens (including phenoxy) is 1. The van der Waals surface area contributed by atoms with Gasteiger partial charge in [-0.05, 0) is 5.92 Å². The lowest BCUT2D eigenvalue weighted by molar-refractivity contribution is -0.137. The summed E-state index contributed by atoms with van der Waals surface area (Å²) in [6, 6.07) is 10.2. The van der Waals surface area contributed by atoms with E-state index in [0.717, 1.165) is 5.56 Å². The highest BCUT2D eigenvalue weighted by atomic mass is 16.5. The van der Waals surface area contributed by atoms with E-state index in [9.17, 15) is 4.79 Å². The zero-order valence-corrected chi connectivity index (χ0v) is 10.2. The van der Waals surface area contributed by atoms with Crippen molar-refractivity contribution in [3.63, 3.8) is 0 Å². The predicted molar refractivity (Wildman–Crippen MR) is 64.1 cm³/mol. The molecule has 2 fully saturated rings. The summed E-state index contributed by atoms with van der Waals surface area (Å²) in [7, 11) is 0. The molecule has 0 N–H and O–H groups in total. The number of fused-ring (bicyclic) bond motifs is 1. The van der Waals surface area contributed by atoms with E-state index in [2.05, 4.69) is 6.92 Å². The van der Waals surface area contributed by atoms with E-state index in [-0.39, 0.29) is 24.1 Å². The van der Waals surface area contributed by atoms with E-state index in [1.54, 1.807) is 0 Å². The summed E-state index contributed by atoms with van der Waals surface area (Å²) >= 11 is 0. The molecule has 3 heteroatoms. The normalized spacial score (nSPS) is 36.4. The van der Waals surface area contributed by atoms with E-state index in [1.807, 2.05) is 42.2 Å². The fraction of sp³-hybridized carbons (Fsp3) is 0.500. The van der Waals surface area contributed by atoms with Gasteiger partial charge in [0.2, 0.25) is 5.91 Å². The van der Waals surface area contributed by atoms with E-state index in [4.69, 9.17) is 4.74 Å². The van der Waals surface area contributed by atoms with Crippen LogP contribution in [0, 0.1) is 11.8 Å². The highest BCUT2D eigenvalue weighted by molar-refractivity contribution is 5.82. The quantitative estimate of drug-likeness (QED) is 0.741. The van der Waals surface area contributed by atoms with Crippen molar-refractivity contribution in [3.8, 4) is 0 Å². The molecule has 3 unspecified atom stereocenters. The summed E-state index contributed by atoms with van der Waals surface area (Å²) in [4.78, 5) is 14.2. The summed E-state index contributed by atoms with van der Waals surface area (Å²) in [6.45, 7) is 4.83. The Morgan fingerprint density at radius 3 is 2.65 bits per heavy atom. The Bertz CT molecular complexity index is 431. The SMILES string of the molecule is CC1C(=O)N2C(c3ccccc3)OC[C@H]2C1C. The third-order valence-corrected chi connectivity index (χ3v) is 4.16. The van der Waals surface area contributed by atoms with Gasteiger partial charge < -0.3 is 9.64 Å². The second kappa shape index (κ2) is 3.84. The van der Waals surface area contributed by atoms with Crippen molar-refractivity contribution >= 4 is 5.91 Å². The van der Waals surface area contributed by atoms with E-state index >= 15 is 0 Å². The third kappa shape index (κ3) is 1.49. The van der Waals surface area contributed by atoms with Gasteiger partial charge in [0.15, 0.2) is 6.23 Å². The molecule has 1 amide bonds. The number of nitrogens with zero attached hydrogens (tertiary/aromatic N) is 1. The summed E-state index contributed by atoms with van der Waals surface area (Å²) < 4.78 is 5.80. The molecule has 17 heavy (non-hydrogen) atoms. The molecule has 2 aliphatic heterocycles. The zero-order valence-electron chi connectivity index (χ0n) is 10.2. The summed E-state index contributed by atoms with van der Waals surface area (Å²) in [5, 5.41) is 0. The topological polar surface area (TPSA) is 29.5 Å². The van der Waals surface area contributed by atoms with Crippen molar-refractivity contribution < 1.29 is 9.53 Å².